The Balaban J connectivity index is 1.42. The Labute approximate surface area is 254 Å². The maximum Gasteiger partial charge on any atom is 0.410 e. The number of carbonyl (C=O) groups excluding carboxylic acids is 1. The molecule has 0 fully saturated rings. The van der Waals surface area contributed by atoms with Crippen molar-refractivity contribution in [2.24, 2.45) is 0 Å². The lowest BCUT2D eigenvalue weighted by Gasteiger charge is -2.38. The summed E-state index contributed by atoms with van der Waals surface area (Å²) in [5, 5.41) is 2.15. The van der Waals surface area contributed by atoms with Crippen molar-refractivity contribution in [1.82, 2.24) is 15.2 Å². The number of benzene rings is 4. The van der Waals surface area contributed by atoms with Gasteiger partial charge in [-0.1, -0.05) is 78.4 Å². The Bertz CT molecular complexity index is 1690. The third kappa shape index (κ3) is 7.18. The fourth-order valence-corrected chi connectivity index (χ4v) is 6.29. The molecular weight excluding hydrogens is 562 g/mol. The zero-order chi connectivity index (χ0) is 30.8. The fraction of sp³-hybridized carbons (Fsp3) is 0.324. The van der Waals surface area contributed by atoms with Crippen molar-refractivity contribution in [3.05, 3.63) is 108 Å². The monoisotopic (exact) mass is 601 g/mol. The van der Waals surface area contributed by atoms with Crippen molar-refractivity contribution in [2.75, 3.05) is 6.54 Å². The molecule has 3 unspecified atom stereocenters. The molecule has 4 aromatic carbocycles. The van der Waals surface area contributed by atoms with Gasteiger partial charge >= 0.3 is 6.09 Å². The molecule has 0 aliphatic carbocycles. The topological polar surface area (TPSA) is 97.0 Å². The van der Waals surface area contributed by atoms with E-state index in [-0.39, 0.29) is 17.5 Å². The summed E-state index contributed by atoms with van der Waals surface area (Å²) >= 11 is 0. The fourth-order valence-electron chi connectivity index (χ4n) is 5.38. The smallest absolute Gasteiger partial charge is 0.410 e. The number of hydrogen-bond acceptors (Lipinski definition) is 6. The van der Waals surface area contributed by atoms with E-state index in [1.54, 1.807) is 29.2 Å². The highest BCUT2D eigenvalue weighted by atomic mass is 32.2. The molecule has 9 heteroatoms. The SMILES string of the molecule is Cc1ccc(S(=O)(=O)NNC2CC(CN(C(=O)OC(C)(C)C)C(C)c3cccc4ccccc34)Oc3ccccc32)cc1. The Morgan fingerprint density at radius 1 is 0.977 bits per heavy atom. The van der Waals surface area contributed by atoms with Crippen molar-refractivity contribution in [3.8, 4) is 5.75 Å². The summed E-state index contributed by atoms with van der Waals surface area (Å²) in [6.07, 6.45) is -0.476. The van der Waals surface area contributed by atoms with Crippen LogP contribution in [0.3, 0.4) is 0 Å². The Morgan fingerprint density at radius 2 is 1.65 bits per heavy atom. The highest BCUT2D eigenvalue weighted by molar-refractivity contribution is 7.89. The van der Waals surface area contributed by atoms with Gasteiger partial charge in [0.25, 0.3) is 10.0 Å². The number of fused-ring (bicyclic) bond motifs is 2. The second-order valence-corrected chi connectivity index (χ2v) is 13.7. The van der Waals surface area contributed by atoms with E-state index in [1.807, 2.05) is 83.1 Å². The summed E-state index contributed by atoms with van der Waals surface area (Å²) in [6, 6.07) is 27.7. The third-order valence-corrected chi connectivity index (χ3v) is 8.83. The Morgan fingerprint density at radius 3 is 2.40 bits per heavy atom. The average Bonchev–Trinajstić information content (AvgIpc) is 2.97. The van der Waals surface area contributed by atoms with Gasteiger partial charge in [-0.2, -0.15) is 0 Å². The zero-order valence-corrected chi connectivity index (χ0v) is 26.0. The van der Waals surface area contributed by atoms with E-state index in [1.165, 1.54) is 0 Å². The molecule has 43 heavy (non-hydrogen) atoms. The minimum atomic E-state index is -3.81. The number of rotatable bonds is 8. The van der Waals surface area contributed by atoms with Crippen LogP contribution in [0.2, 0.25) is 0 Å². The van der Waals surface area contributed by atoms with E-state index in [0.717, 1.165) is 27.5 Å². The van der Waals surface area contributed by atoms with Gasteiger partial charge in [-0.25, -0.2) is 18.6 Å². The molecule has 8 nitrogen and oxygen atoms in total. The van der Waals surface area contributed by atoms with Crippen LogP contribution >= 0.6 is 0 Å². The van der Waals surface area contributed by atoms with Crippen LogP contribution in [0.4, 0.5) is 4.79 Å². The number of nitrogens with one attached hydrogen (secondary N) is 2. The molecular formula is C34H39N3O5S. The van der Waals surface area contributed by atoms with Gasteiger partial charge < -0.3 is 9.47 Å². The first-order valence-electron chi connectivity index (χ1n) is 14.5. The first-order valence-corrected chi connectivity index (χ1v) is 16.0. The van der Waals surface area contributed by atoms with Crippen LogP contribution in [0.25, 0.3) is 10.8 Å². The largest absolute Gasteiger partial charge is 0.488 e. The molecule has 226 valence electrons. The lowest BCUT2D eigenvalue weighted by molar-refractivity contribution is 0.00468. The molecule has 1 aliphatic heterocycles. The molecule has 0 spiro atoms. The van der Waals surface area contributed by atoms with Gasteiger partial charge in [0.2, 0.25) is 0 Å². The van der Waals surface area contributed by atoms with Crippen molar-refractivity contribution in [2.45, 2.75) is 69.7 Å². The highest BCUT2D eigenvalue weighted by Gasteiger charge is 2.35. The molecule has 4 aromatic rings. The Kier molecular flexibility index (Phi) is 8.78. The van der Waals surface area contributed by atoms with Crippen LogP contribution in [0.5, 0.6) is 5.75 Å². The number of nitrogens with zero attached hydrogens (tertiary/aromatic N) is 1. The lowest BCUT2D eigenvalue weighted by atomic mass is 9.95. The second-order valence-electron chi connectivity index (χ2n) is 12.0. The maximum atomic E-state index is 13.7. The molecule has 1 aliphatic rings. The zero-order valence-electron chi connectivity index (χ0n) is 25.2. The number of para-hydroxylation sites is 1. The van der Waals surface area contributed by atoms with Crippen LogP contribution in [-0.4, -0.2) is 37.7 Å². The number of hydrogen-bond donors (Lipinski definition) is 2. The van der Waals surface area contributed by atoms with E-state index in [4.69, 9.17) is 9.47 Å². The second kappa shape index (κ2) is 12.4. The summed E-state index contributed by atoms with van der Waals surface area (Å²) < 4.78 is 38.4. The summed E-state index contributed by atoms with van der Waals surface area (Å²) in [4.78, 5) is 18.1. The number of amides is 1. The number of sulfonamides is 1. The maximum absolute atomic E-state index is 13.7. The minimum absolute atomic E-state index is 0.169. The van der Waals surface area contributed by atoms with E-state index < -0.39 is 33.9 Å². The van der Waals surface area contributed by atoms with Crippen LogP contribution < -0.4 is 15.0 Å². The summed E-state index contributed by atoms with van der Waals surface area (Å²) in [7, 11) is -3.81. The van der Waals surface area contributed by atoms with Crippen molar-refractivity contribution < 1.29 is 22.7 Å². The van der Waals surface area contributed by atoms with E-state index in [2.05, 4.69) is 28.5 Å². The number of carbonyl (C=O) groups is 1. The third-order valence-electron chi connectivity index (χ3n) is 7.55. The highest BCUT2D eigenvalue weighted by Crippen LogP contribution is 2.36. The van der Waals surface area contributed by atoms with Gasteiger partial charge in [0.1, 0.15) is 17.5 Å². The van der Waals surface area contributed by atoms with Gasteiger partial charge in [-0.15, -0.1) is 4.83 Å². The van der Waals surface area contributed by atoms with Crippen molar-refractivity contribution in [1.29, 1.82) is 0 Å². The van der Waals surface area contributed by atoms with Gasteiger partial charge in [0.05, 0.1) is 23.5 Å². The van der Waals surface area contributed by atoms with Crippen molar-refractivity contribution >= 4 is 26.9 Å². The van der Waals surface area contributed by atoms with Gasteiger partial charge in [-0.05, 0) is 69.2 Å². The van der Waals surface area contributed by atoms with E-state index in [9.17, 15) is 13.2 Å². The van der Waals surface area contributed by atoms with Crippen LogP contribution in [0.15, 0.2) is 95.9 Å². The molecule has 1 amide bonds. The predicted octanol–water partition coefficient (Wildman–Crippen LogP) is 6.82. The van der Waals surface area contributed by atoms with Crippen LogP contribution in [-0.2, 0) is 14.8 Å². The summed E-state index contributed by atoms with van der Waals surface area (Å²) in [5.41, 5.74) is 5.15. The van der Waals surface area contributed by atoms with Crippen LogP contribution in [0, 0.1) is 6.92 Å². The minimum Gasteiger partial charge on any atom is -0.488 e. The average molecular weight is 602 g/mol. The Hall–Kier alpha value is -3.92. The standard InChI is InChI=1S/C34H39N3O5S/c1-23-17-19-27(20-18-23)43(39,40)36-35-31-21-26(41-32-16-9-8-14-30(31)32)22-37(33(38)42-34(3,4)5)24(2)28-15-10-12-25-11-6-7-13-29(25)28/h6-20,24,26,31,35-36H,21-22H2,1-5H3. The molecule has 0 aromatic heterocycles. The number of ether oxygens (including phenoxy) is 2. The predicted molar refractivity (Wildman–Crippen MR) is 168 cm³/mol. The molecule has 0 saturated heterocycles. The normalized spacial score (nSPS) is 17.5. The van der Waals surface area contributed by atoms with Crippen LogP contribution in [0.1, 0.15) is 62.9 Å². The summed E-state index contributed by atoms with van der Waals surface area (Å²) in [6.45, 7) is 9.67. The molecule has 0 radical (unpaired) electrons. The number of hydrazine groups is 1. The molecule has 5 rings (SSSR count). The molecule has 0 bridgehead atoms. The first-order chi connectivity index (χ1) is 20.4. The summed E-state index contributed by atoms with van der Waals surface area (Å²) in [5.74, 6) is 0.632. The van der Waals surface area contributed by atoms with Crippen molar-refractivity contribution in [3.63, 3.8) is 0 Å². The lowest BCUT2D eigenvalue weighted by Crippen LogP contribution is -2.48. The quantitative estimate of drug-likeness (QED) is 0.215. The molecule has 2 N–H and O–H groups in total. The van der Waals surface area contributed by atoms with Gasteiger partial charge in [0, 0.05) is 12.0 Å². The van der Waals surface area contributed by atoms with E-state index >= 15 is 0 Å². The van der Waals surface area contributed by atoms with E-state index in [0.29, 0.717) is 12.2 Å². The first kappa shape index (κ1) is 30.5. The van der Waals surface area contributed by atoms with Gasteiger partial charge in [0.15, 0.2) is 0 Å². The molecule has 3 atom stereocenters. The number of aryl methyl sites for hydroxylation is 1. The molecule has 0 saturated carbocycles. The van der Waals surface area contributed by atoms with Gasteiger partial charge in [-0.3, -0.25) is 4.90 Å². The molecule has 1 heterocycles.